The van der Waals surface area contributed by atoms with E-state index in [1.165, 1.54) is 0 Å². The summed E-state index contributed by atoms with van der Waals surface area (Å²) in [5.74, 6) is 0.121. The number of nitrogens with one attached hydrogen (secondary N) is 1. The zero-order valence-corrected chi connectivity index (χ0v) is 24.7. The summed E-state index contributed by atoms with van der Waals surface area (Å²) in [5, 5.41) is 25.1. The number of piperidine rings is 1. The number of rotatable bonds is 7. The number of likely N-dealkylation sites (tertiary alicyclic amines) is 1. The zero-order valence-electron chi connectivity index (χ0n) is 24.7. The van der Waals surface area contributed by atoms with Crippen LogP contribution in [0, 0.1) is 34.4 Å². The minimum absolute atomic E-state index is 0.117. The molecule has 3 aliphatic rings. The summed E-state index contributed by atoms with van der Waals surface area (Å²) in [6.07, 6.45) is 10.8. The van der Waals surface area contributed by atoms with E-state index in [9.17, 15) is 10.5 Å². The van der Waals surface area contributed by atoms with Crippen LogP contribution < -0.4 is 4.90 Å². The molecule has 11 heteroatoms. The van der Waals surface area contributed by atoms with Crippen molar-refractivity contribution >= 4 is 16.7 Å². The monoisotopic (exact) mass is 578 g/mol. The first-order valence-corrected chi connectivity index (χ1v) is 14.9. The van der Waals surface area contributed by atoms with Gasteiger partial charge in [-0.3, -0.25) is 14.5 Å². The van der Waals surface area contributed by atoms with Crippen LogP contribution in [0.3, 0.4) is 0 Å². The number of aromatic nitrogens is 5. The average molecular weight is 579 g/mol. The molecule has 43 heavy (non-hydrogen) atoms. The Bertz CT molecular complexity index is 1750. The molecule has 0 spiro atoms. The van der Waals surface area contributed by atoms with Crippen LogP contribution in [-0.4, -0.2) is 79.8 Å². The van der Waals surface area contributed by atoms with Crippen LogP contribution in [0.25, 0.3) is 22.3 Å². The van der Waals surface area contributed by atoms with Crippen LogP contribution in [0.5, 0.6) is 0 Å². The van der Waals surface area contributed by atoms with E-state index >= 15 is 4.39 Å². The molecule has 0 radical (unpaired) electrons. The molecule has 3 aliphatic heterocycles. The van der Waals surface area contributed by atoms with Crippen molar-refractivity contribution in [1.82, 2.24) is 34.5 Å². The van der Waals surface area contributed by atoms with Crippen molar-refractivity contribution in [2.75, 3.05) is 32.1 Å². The summed E-state index contributed by atoms with van der Waals surface area (Å²) in [6, 6.07) is 11.3. The Morgan fingerprint density at radius 1 is 1.12 bits per heavy atom. The van der Waals surface area contributed by atoms with E-state index < -0.39 is 5.82 Å². The molecule has 7 rings (SSSR count). The molecule has 4 aromatic rings. The Kier molecular flexibility index (Phi) is 6.68. The average Bonchev–Trinajstić information content (AvgIpc) is 3.69. The van der Waals surface area contributed by atoms with Gasteiger partial charge < -0.3 is 9.88 Å². The highest BCUT2D eigenvalue weighted by molar-refractivity contribution is 5.90. The molecule has 6 heterocycles. The molecule has 220 valence electrons. The van der Waals surface area contributed by atoms with Gasteiger partial charge in [0, 0.05) is 80.8 Å². The number of nitrogens with zero attached hydrogens (tertiary/aromatic N) is 9. The summed E-state index contributed by atoms with van der Waals surface area (Å²) >= 11 is 0. The Labute approximate surface area is 250 Å². The number of hydrogen-bond acceptors (Lipinski definition) is 8. The van der Waals surface area contributed by atoms with Crippen molar-refractivity contribution in [1.29, 1.82) is 10.5 Å². The van der Waals surface area contributed by atoms with Gasteiger partial charge in [0.2, 0.25) is 0 Å². The number of halogens is 1. The van der Waals surface area contributed by atoms with Gasteiger partial charge in [0.1, 0.15) is 35.0 Å². The van der Waals surface area contributed by atoms with Gasteiger partial charge in [0.25, 0.3) is 0 Å². The fourth-order valence-corrected chi connectivity index (χ4v) is 7.82. The third-order valence-corrected chi connectivity index (χ3v) is 10.0. The lowest BCUT2D eigenvalue weighted by Crippen LogP contribution is -2.67. The second kappa shape index (κ2) is 10.4. The van der Waals surface area contributed by atoms with Crippen molar-refractivity contribution < 1.29 is 4.39 Å². The maximum atomic E-state index is 15.5. The summed E-state index contributed by atoms with van der Waals surface area (Å²) in [6.45, 7) is 4.38. The summed E-state index contributed by atoms with van der Waals surface area (Å²) in [5.41, 5.74) is 3.47. The smallest absolute Gasteiger partial charge is 0.147 e. The Morgan fingerprint density at radius 2 is 1.95 bits per heavy atom. The minimum Gasteiger partial charge on any atom is -0.377 e. The van der Waals surface area contributed by atoms with E-state index in [2.05, 4.69) is 43.8 Å². The van der Waals surface area contributed by atoms with Gasteiger partial charge in [-0.1, -0.05) is 13.0 Å². The van der Waals surface area contributed by atoms with Crippen molar-refractivity contribution in [2.45, 2.75) is 62.8 Å². The molecular weight excluding hydrogens is 543 g/mol. The predicted molar refractivity (Wildman–Crippen MR) is 160 cm³/mol. The van der Waals surface area contributed by atoms with E-state index in [0.717, 1.165) is 54.6 Å². The molecule has 10 nitrogen and oxygen atoms in total. The molecular formula is C32H35FN10. The minimum atomic E-state index is -0.398. The van der Waals surface area contributed by atoms with Crippen molar-refractivity contribution in [3.8, 4) is 23.4 Å². The fraction of sp³-hybridized carbons (Fsp3) is 0.469. The molecule has 4 atom stereocenters. The lowest BCUT2D eigenvalue weighted by molar-refractivity contribution is -0.0574. The third kappa shape index (κ3) is 4.46. The maximum Gasteiger partial charge on any atom is 0.147 e. The number of benzene rings is 1. The van der Waals surface area contributed by atoms with E-state index in [4.69, 9.17) is 5.10 Å². The lowest BCUT2D eigenvalue weighted by Gasteiger charge is -2.55. The Balaban J connectivity index is 1.07. The first kappa shape index (κ1) is 27.5. The highest BCUT2D eigenvalue weighted by atomic mass is 19.1. The second-order valence-corrected chi connectivity index (χ2v) is 12.8. The zero-order chi connectivity index (χ0) is 29.9. The highest BCUT2D eigenvalue weighted by Crippen LogP contribution is 2.45. The van der Waals surface area contributed by atoms with E-state index in [-0.39, 0.29) is 11.1 Å². The maximum absolute atomic E-state index is 15.5. The van der Waals surface area contributed by atoms with Gasteiger partial charge in [-0.15, -0.1) is 0 Å². The quantitative estimate of drug-likeness (QED) is 0.346. The molecule has 0 amide bonds. The van der Waals surface area contributed by atoms with Crippen LogP contribution in [0.15, 0.2) is 43.1 Å². The number of anilines is 1. The number of aromatic amines is 1. The Morgan fingerprint density at radius 3 is 2.70 bits per heavy atom. The molecule has 1 N–H and O–H groups in total. The van der Waals surface area contributed by atoms with Gasteiger partial charge in [-0.25, -0.2) is 14.4 Å². The molecule has 1 aromatic carbocycles. The first-order chi connectivity index (χ1) is 20.8. The number of H-pyrrole nitrogens is 1. The molecule has 0 saturated carbocycles. The normalized spacial score (nSPS) is 24.9. The van der Waals surface area contributed by atoms with Crippen LogP contribution >= 0.6 is 0 Å². The number of fused-ring (bicyclic) bond motifs is 3. The van der Waals surface area contributed by atoms with Gasteiger partial charge in [0.15, 0.2) is 0 Å². The van der Waals surface area contributed by atoms with Gasteiger partial charge in [-0.2, -0.15) is 15.6 Å². The third-order valence-electron chi connectivity index (χ3n) is 10.0. The van der Waals surface area contributed by atoms with E-state index in [0.29, 0.717) is 48.3 Å². The summed E-state index contributed by atoms with van der Waals surface area (Å²) < 4.78 is 17.4. The summed E-state index contributed by atoms with van der Waals surface area (Å²) in [4.78, 5) is 18.7. The molecule has 3 saturated heterocycles. The lowest BCUT2D eigenvalue weighted by atomic mass is 9.82. The highest BCUT2D eigenvalue weighted by Gasteiger charge is 2.52. The van der Waals surface area contributed by atoms with Crippen LogP contribution in [0.1, 0.15) is 43.7 Å². The molecule has 2 bridgehead atoms. The second-order valence-electron chi connectivity index (χ2n) is 12.8. The van der Waals surface area contributed by atoms with Gasteiger partial charge in [-0.05, 0) is 37.3 Å². The number of hydrogen-bond donors (Lipinski definition) is 1. The molecule has 4 unspecified atom stereocenters. The van der Waals surface area contributed by atoms with Crippen LogP contribution in [-0.2, 0) is 12.1 Å². The van der Waals surface area contributed by atoms with E-state index in [1.807, 2.05) is 55.6 Å². The first-order valence-electron chi connectivity index (χ1n) is 14.9. The van der Waals surface area contributed by atoms with Gasteiger partial charge in [0.05, 0.1) is 30.1 Å². The fourth-order valence-electron chi connectivity index (χ4n) is 7.82. The molecule has 3 fully saturated rings. The van der Waals surface area contributed by atoms with Crippen LogP contribution in [0.4, 0.5) is 10.1 Å². The summed E-state index contributed by atoms with van der Waals surface area (Å²) in [7, 11) is 3.65. The van der Waals surface area contributed by atoms with Gasteiger partial charge >= 0.3 is 0 Å². The van der Waals surface area contributed by atoms with Crippen LogP contribution in [0.2, 0.25) is 0 Å². The van der Waals surface area contributed by atoms with Crippen molar-refractivity contribution in [3.05, 3.63) is 60.1 Å². The topological polar surface area (TPSA) is 117 Å². The molecule has 0 aliphatic carbocycles. The van der Waals surface area contributed by atoms with E-state index in [1.54, 1.807) is 11.2 Å². The number of nitriles is 2. The largest absolute Gasteiger partial charge is 0.377 e. The van der Waals surface area contributed by atoms with Crippen molar-refractivity contribution in [3.63, 3.8) is 0 Å². The standard InChI is InChI=1S/C32H35FN10/c1-20-10-24-11-23(12-28(20)42(24)15-21-4-5-27(40(2)3)26(13-35)29(21)33)41-17-32(18-41,7-8-34)43-16-22(14-39-43)30-25-6-9-36-31(25)38-19-37-30/h4-6,9,14,16,19-20,23-24,28H,7,10-12,15,17-18H2,1-3H3,(H,36,37,38). The Hall–Kier alpha value is -4.32. The van der Waals surface area contributed by atoms with Crippen molar-refractivity contribution in [2.24, 2.45) is 5.92 Å². The molecule has 3 aromatic heterocycles. The SMILES string of the molecule is CC1CC2CC(N3CC(CC#N)(n4cc(-c5ncnc6[nH]ccc56)cn4)C3)CC1N2Cc1ccc(N(C)C)c(C#N)c1F. The predicted octanol–water partition coefficient (Wildman–Crippen LogP) is 4.26.